The molecule has 10 heteroatoms. The van der Waals surface area contributed by atoms with Gasteiger partial charge >= 0.3 is 12.1 Å². The van der Waals surface area contributed by atoms with E-state index in [1.165, 1.54) is 22.9 Å². The molecule has 0 aliphatic carbocycles. The van der Waals surface area contributed by atoms with Crippen LogP contribution in [0.4, 0.5) is 13.2 Å². The van der Waals surface area contributed by atoms with Crippen LogP contribution in [0.25, 0.3) is 0 Å². The standard InChI is InChI=1S/C12H13F3N2O4S/c13-12(14,15)6-17-22(20,21)9-2-1-7-4-10(11(18)19)16-5-8(7)3-9/h1-3,10,16-17H,4-6H2,(H,18,19). The van der Waals surface area contributed by atoms with Gasteiger partial charge in [-0.05, 0) is 29.7 Å². The molecule has 6 nitrogen and oxygen atoms in total. The first-order valence-corrected chi connectivity index (χ1v) is 7.71. The molecular weight excluding hydrogens is 325 g/mol. The number of sulfonamides is 1. The summed E-state index contributed by atoms with van der Waals surface area (Å²) in [6.07, 6.45) is -4.46. The number of hydrogen-bond donors (Lipinski definition) is 3. The molecule has 1 aromatic carbocycles. The molecule has 0 fully saturated rings. The van der Waals surface area contributed by atoms with Gasteiger partial charge in [-0.25, -0.2) is 13.1 Å². The minimum atomic E-state index is -4.64. The van der Waals surface area contributed by atoms with Gasteiger partial charge in [0.05, 0.1) is 4.90 Å². The minimum absolute atomic E-state index is 0.134. The third-order valence-electron chi connectivity index (χ3n) is 3.21. The summed E-state index contributed by atoms with van der Waals surface area (Å²) < 4.78 is 61.4. The lowest BCUT2D eigenvalue weighted by Crippen LogP contribution is -2.41. The summed E-state index contributed by atoms with van der Waals surface area (Å²) in [5, 5.41) is 11.6. The molecule has 1 unspecified atom stereocenters. The van der Waals surface area contributed by atoms with Crippen molar-refractivity contribution in [3.8, 4) is 0 Å². The lowest BCUT2D eigenvalue weighted by atomic mass is 9.96. The van der Waals surface area contributed by atoms with Crippen LogP contribution < -0.4 is 10.0 Å². The Kier molecular flexibility index (Phi) is 4.45. The number of benzene rings is 1. The van der Waals surface area contributed by atoms with Crippen molar-refractivity contribution in [2.24, 2.45) is 0 Å². The molecule has 0 aromatic heterocycles. The Morgan fingerprint density at radius 3 is 2.64 bits per heavy atom. The van der Waals surface area contributed by atoms with Crippen molar-refractivity contribution in [1.82, 2.24) is 10.0 Å². The van der Waals surface area contributed by atoms with Crippen LogP contribution in [-0.4, -0.2) is 38.3 Å². The Labute approximate surface area is 124 Å². The number of carboxylic acid groups (broad SMARTS) is 1. The van der Waals surface area contributed by atoms with Gasteiger partial charge in [-0.15, -0.1) is 0 Å². The highest BCUT2D eigenvalue weighted by Crippen LogP contribution is 2.22. The first-order chi connectivity index (χ1) is 10.1. The van der Waals surface area contributed by atoms with Gasteiger partial charge in [0, 0.05) is 6.54 Å². The van der Waals surface area contributed by atoms with E-state index >= 15 is 0 Å². The van der Waals surface area contributed by atoms with Crippen molar-refractivity contribution < 1.29 is 31.5 Å². The van der Waals surface area contributed by atoms with Crippen molar-refractivity contribution in [2.75, 3.05) is 6.54 Å². The van der Waals surface area contributed by atoms with Gasteiger partial charge in [0.1, 0.15) is 12.6 Å². The molecule has 2 rings (SSSR count). The molecule has 122 valence electrons. The third-order valence-corrected chi connectivity index (χ3v) is 4.61. The van der Waals surface area contributed by atoms with Crippen LogP contribution in [0, 0.1) is 0 Å². The van der Waals surface area contributed by atoms with Crippen molar-refractivity contribution in [3.63, 3.8) is 0 Å². The number of hydrogen-bond acceptors (Lipinski definition) is 4. The quantitative estimate of drug-likeness (QED) is 0.748. The Morgan fingerprint density at radius 1 is 1.36 bits per heavy atom. The summed E-state index contributed by atoms with van der Waals surface area (Å²) >= 11 is 0. The Morgan fingerprint density at radius 2 is 2.05 bits per heavy atom. The molecule has 0 amide bonds. The van der Waals surface area contributed by atoms with Crippen LogP contribution in [0.1, 0.15) is 11.1 Å². The first-order valence-electron chi connectivity index (χ1n) is 6.23. The number of aliphatic carboxylic acids is 1. The van der Waals surface area contributed by atoms with Gasteiger partial charge in [-0.2, -0.15) is 13.2 Å². The van der Waals surface area contributed by atoms with Crippen LogP contribution >= 0.6 is 0 Å². The number of carbonyl (C=O) groups is 1. The lowest BCUT2D eigenvalue weighted by Gasteiger charge is -2.23. The number of alkyl halides is 3. The Hall–Kier alpha value is -1.65. The molecule has 3 N–H and O–H groups in total. The number of carboxylic acids is 1. The van der Waals surface area contributed by atoms with E-state index in [1.54, 1.807) is 0 Å². The van der Waals surface area contributed by atoms with Crippen molar-refractivity contribution >= 4 is 16.0 Å². The minimum Gasteiger partial charge on any atom is -0.480 e. The van der Waals surface area contributed by atoms with Crippen LogP contribution in [0.5, 0.6) is 0 Å². The molecular formula is C12H13F3N2O4S. The fourth-order valence-electron chi connectivity index (χ4n) is 2.09. The number of fused-ring (bicyclic) bond motifs is 1. The maximum absolute atomic E-state index is 12.1. The molecule has 0 saturated carbocycles. The summed E-state index contributed by atoms with van der Waals surface area (Å²) in [5.41, 5.74) is 1.20. The summed E-state index contributed by atoms with van der Waals surface area (Å²) in [5.74, 6) is -1.02. The maximum atomic E-state index is 12.1. The van der Waals surface area contributed by atoms with E-state index in [2.05, 4.69) is 5.32 Å². The predicted molar refractivity (Wildman–Crippen MR) is 69.7 cm³/mol. The SMILES string of the molecule is O=C(O)C1Cc2ccc(S(=O)(=O)NCC(F)(F)F)cc2CN1. The molecule has 1 aliphatic rings. The predicted octanol–water partition coefficient (Wildman–Crippen LogP) is 0.626. The zero-order valence-corrected chi connectivity index (χ0v) is 12.0. The van der Waals surface area contributed by atoms with E-state index in [0.717, 1.165) is 0 Å². The van der Waals surface area contributed by atoms with Crippen LogP contribution in [0.3, 0.4) is 0 Å². The second kappa shape index (κ2) is 5.86. The van der Waals surface area contributed by atoms with Crippen molar-refractivity contribution in [2.45, 2.75) is 30.1 Å². The molecule has 1 aromatic rings. The van der Waals surface area contributed by atoms with Crippen molar-refractivity contribution in [3.05, 3.63) is 29.3 Å². The number of halogens is 3. The molecule has 22 heavy (non-hydrogen) atoms. The van der Waals surface area contributed by atoms with Gasteiger partial charge < -0.3 is 10.4 Å². The molecule has 1 heterocycles. The molecule has 1 atom stereocenters. The topological polar surface area (TPSA) is 95.5 Å². The van der Waals surface area contributed by atoms with Gasteiger partial charge in [-0.3, -0.25) is 4.79 Å². The zero-order valence-electron chi connectivity index (χ0n) is 11.1. The zero-order chi connectivity index (χ0) is 16.5. The summed E-state index contributed by atoms with van der Waals surface area (Å²) in [4.78, 5) is 10.6. The summed E-state index contributed by atoms with van der Waals surface area (Å²) in [7, 11) is -4.27. The van der Waals surface area contributed by atoms with Crippen LogP contribution in [-0.2, 0) is 27.8 Å². The fraction of sp³-hybridized carbons (Fsp3) is 0.417. The average Bonchev–Trinajstić information content (AvgIpc) is 2.43. The molecule has 0 radical (unpaired) electrons. The molecule has 0 bridgehead atoms. The molecule has 0 spiro atoms. The highest BCUT2D eigenvalue weighted by atomic mass is 32.2. The second-order valence-corrected chi connectivity index (χ2v) is 6.61. The van der Waals surface area contributed by atoms with Crippen molar-refractivity contribution in [1.29, 1.82) is 0 Å². The molecule has 0 saturated heterocycles. The Balaban J connectivity index is 2.20. The number of nitrogens with one attached hydrogen (secondary N) is 2. The average molecular weight is 338 g/mol. The number of rotatable bonds is 4. The smallest absolute Gasteiger partial charge is 0.402 e. The fourth-order valence-corrected chi connectivity index (χ4v) is 3.16. The summed E-state index contributed by atoms with van der Waals surface area (Å²) in [6, 6.07) is 3.08. The second-order valence-electron chi connectivity index (χ2n) is 4.85. The highest BCUT2D eigenvalue weighted by Gasteiger charge is 2.31. The normalized spacial score (nSPS) is 18.8. The first kappa shape index (κ1) is 16.7. The third kappa shape index (κ3) is 3.96. The summed E-state index contributed by atoms with van der Waals surface area (Å²) in [6.45, 7) is -1.51. The van der Waals surface area contributed by atoms with E-state index in [9.17, 15) is 26.4 Å². The van der Waals surface area contributed by atoms with Gasteiger partial charge in [0.15, 0.2) is 0 Å². The highest BCUT2D eigenvalue weighted by molar-refractivity contribution is 7.89. The maximum Gasteiger partial charge on any atom is 0.402 e. The van der Waals surface area contributed by atoms with E-state index in [1.807, 2.05) is 0 Å². The van der Waals surface area contributed by atoms with Crippen LogP contribution in [0.15, 0.2) is 23.1 Å². The monoisotopic (exact) mass is 338 g/mol. The molecule has 1 aliphatic heterocycles. The largest absolute Gasteiger partial charge is 0.480 e. The van der Waals surface area contributed by atoms with Gasteiger partial charge in [0.25, 0.3) is 0 Å². The van der Waals surface area contributed by atoms with E-state index in [4.69, 9.17) is 5.11 Å². The van der Waals surface area contributed by atoms with E-state index < -0.39 is 34.8 Å². The van der Waals surface area contributed by atoms with E-state index in [0.29, 0.717) is 11.1 Å². The van der Waals surface area contributed by atoms with Crippen LogP contribution in [0.2, 0.25) is 0 Å². The van der Waals surface area contributed by atoms with E-state index in [-0.39, 0.29) is 17.9 Å². The van der Waals surface area contributed by atoms with Gasteiger partial charge in [0.2, 0.25) is 10.0 Å². The Bertz CT molecular complexity index is 688. The lowest BCUT2D eigenvalue weighted by molar-refractivity contribution is -0.139. The van der Waals surface area contributed by atoms with Gasteiger partial charge in [-0.1, -0.05) is 6.07 Å².